The Morgan fingerprint density at radius 2 is 1.70 bits per heavy atom. The van der Waals surface area contributed by atoms with Crippen molar-refractivity contribution in [1.82, 2.24) is 0 Å². The number of hydrogen-bond acceptors (Lipinski definition) is 10. The summed E-state index contributed by atoms with van der Waals surface area (Å²) in [6.45, 7) is -3.05. The van der Waals surface area contributed by atoms with E-state index < -0.39 is 69.9 Å². The molecule has 0 spiro atoms. The van der Waals surface area contributed by atoms with Crippen LogP contribution in [-0.2, 0) is 13.8 Å². The molecule has 1 rings (SSSR count). The van der Waals surface area contributed by atoms with Gasteiger partial charge in [-0.25, -0.2) is 4.57 Å². The average molecular weight is 364 g/mol. The second kappa shape index (κ2) is 7.78. The van der Waals surface area contributed by atoms with Crippen molar-refractivity contribution in [2.45, 2.75) is 42.2 Å². The third-order valence-electron chi connectivity index (χ3n) is 3.64. The average Bonchev–Trinajstić information content (AvgIpc) is 2.78. The first-order valence-electron chi connectivity index (χ1n) is 6.50. The molecule has 0 aromatic heterocycles. The number of ether oxygens (including phenoxy) is 1. The van der Waals surface area contributed by atoms with E-state index in [2.05, 4.69) is 4.52 Å². The molecule has 0 bridgehead atoms. The van der Waals surface area contributed by atoms with Crippen molar-refractivity contribution >= 4 is 7.82 Å². The predicted molar refractivity (Wildman–Crippen MR) is 69.8 cm³/mol. The SMILES string of the molecule is O=P(O)(O)OC[C@H](O)[C@@](O)(C1O[C@H](CO)[C@@H](O)[C@H]1O)[C@H](O)CO. The Morgan fingerprint density at radius 1 is 1.13 bits per heavy atom. The van der Waals surface area contributed by atoms with Gasteiger partial charge in [-0.2, -0.15) is 0 Å². The molecule has 138 valence electrons. The lowest BCUT2D eigenvalue weighted by Crippen LogP contribution is -2.65. The molecule has 1 aliphatic heterocycles. The fraction of sp³-hybridized carbons (Fsp3) is 1.00. The van der Waals surface area contributed by atoms with E-state index in [9.17, 15) is 30.1 Å². The predicted octanol–water partition coefficient (Wildman–Crippen LogP) is -4.98. The Hall–Kier alpha value is -0.210. The number of rotatable bonds is 8. The summed E-state index contributed by atoms with van der Waals surface area (Å²) in [4.78, 5) is 17.2. The molecule has 0 radical (unpaired) electrons. The normalized spacial score (nSPS) is 34.1. The lowest BCUT2D eigenvalue weighted by Gasteiger charge is -2.41. The molecule has 0 aromatic rings. The second-order valence-corrected chi connectivity index (χ2v) is 6.39. The van der Waals surface area contributed by atoms with Gasteiger partial charge in [0, 0.05) is 0 Å². The summed E-state index contributed by atoms with van der Waals surface area (Å²) in [5.41, 5.74) is -2.85. The molecule has 9 N–H and O–H groups in total. The summed E-state index contributed by atoms with van der Waals surface area (Å²) < 4.78 is 19.7. The van der Waals surface area contributed by atoms with Crippen LogP contribution in [0.4, 0.5) is 0 Å². The summed E-state index contributed by atoms with van der Waals surface area (Å²) in [7, 11) is -5.01. The largest absolute Gasteiger partial charge is 0.469 e. The van der Waals surface area contributed by atoms with Gasteiger partial charge < -0.3 is 50.3 Å². The molecule has 0 amide bonds. The van der Waals surface area contributed by atoms with Gasteiger partial charge in [0.25, 0.3) is 0 Å². The minimum absolute atomic E-state index is 0.755. The lowest BCUT2D eigenvalue weighted by molar-refractivity contribution is -0.235. The minimum atomic E-state index is -5.01. The maximum Gasteiger partial charge on any atom is 0.469 e. The zero-order valence-corrected chi connectivity index (χ0v) is 12.7. The van der Waals surface area contributed by atoms with Gasteiger partial charge in [0.15, 0.2) is 0 Å². The van der Waals surface area contributed by atoms with E-state index in [1.807, 2.05) is 0 Å². The maximum atomic E-state index is 10.7. The molecule has 23 heavy (non-hydrogen) atoms. The molecule has 0 aliphatic carbocycles. The van der Waals surface area contributed by atoms with E-state index in [0.29, 0.717) is 0 Å². The first-order valence-corrected chi connectivity index (χ1v) is 8.04. The number of aliphatic hydroxyl groups is 7. The summed E-state index contributed by atoms with van der Waals surface area (Å²) in [5.74, 6) is 0. The van der Waals surface area contributed by atoms with Gasteiger partial charge in [-0.1, -0.05) is 0 Å². The minimum Gasteiger partial charge on any atom is -0.394 e. The standard InChI is InChI=1S/C10H21O12P/c11-1-4-7(15)8(16)9(22-4)10(17,5(13)2-12)6(14)3-21-23(18,19)20/h4-9,11-17H,1-3H2,(H2,18,19,20)/t4-,5-,6+,7-,8-,9?,10-/m1/s1. The molecule has 0 aromatic carbocycles. The van der Waals surface area contributed by atoms with Crippen LogP contribution in [-0.4, -0.2) is 108 Å². The van der Waals surface area contributed by atoms with Gasteiger partial charge in [0.2, 0.25) is 0 Å². The van der Waals surface area contributed by atoms with Crippen LogP contribution in [0.25, 0.3) is 0 Å². The smallest absolute Gasteiger partial charge is 0.394 e. The third-order valence-corrected chi connectivity index (χ3v) is 4.12. The molecule has 1 aliphatic rings. The number of aliphatic hydroxyl groups excluding tert-OH is 6. The van der Waals surface area contributed by atoms with Crippen molar-refractivity contribution in [1.29, 1.82) is 0 Å². The Labute approximate surface area is 130 Å². The van der Waals surface area contributed by atoms with Crippen LogP contribution in [0.15, 0.2) is 0 Å². The molecule has 1 unspecified atom stereocenters. The molecule has 1 fully saturated rings. The number of phosphoric ester groups is 1. The van der Waals surface area contributed by atoms with Crippen LogP contribution in [0.3, 0.4) is 0 Å². The molecular weight excluding hydrogens is 343 g/mol. The summed E-state index contributed by atoms with van der Waals surface area (Å²) in [6, 6.07) is 0. The van der Waals surface area contributed by atoms with E-state index in [1.165, 1.54) is 0 Å². The van der Waals surface area contributed by atoms with Gasteiger partial charge in [-0.3, -0.25) is 4.52 Å². The lowest BCUT2D eigenvalue weighted by atomic mass is 9.82. The highest BCUT2D eigenvalue weighted by atomic mass is 31.2. The Bertz CT molecular complexity index is 428. The summed E-state index contributed by atoms with van der Waals surface area (Å²) in [5, 5.41) is 67.7. The molecular formula is C10H21O12P. The first-order chi connectivity index (χ1) is 10.5. The topological polar surface area (TPSA) is 218 Å². The van der Waals surface area contributed by atoms with Gasteiger partial charge in [-0.05, 0) is 0 Å². The molecule has 0 saturated carbocycles. The van der Waals surface area contributed by atoms with Crippen LogP contribution in [0.2, 0.25) is 0 Å². The van der Waals surface area contributed by atoms with Crippen LogP contribution in [0.1, 0.15) is 0 Å². The fourth-order valence-corrected chi connectivity index (χ4v) is 2.67. The van der Waals surface area contributed by atoms with Crippen LogP contribution >= 0.6 is 7.82 Å². The van der Waals surface area contributed by atoms with Gasteiger partial charge >= 0.3 is 7.82 Å². The van der Waals surface area contributed by atoms with Crippen molar-refractivity contribution < 1.29 is 59.4 Å². The summed E-state index contributed by atoms with van der Waals surface area (Å²) in [6.07, 6.45) is -11.1. The Kier molecular flexibility index (Phi) is 7.05. The van der Waals surface area contributed by atoms with Crippen LogP contribution in [0.5, 0.6) is 0 Å². The first kappa shape index (κ1) is 20.8. The van der Waals surface area contributed by atoms with Crippen molar-refractivity contribution in [3.05, 3.63) is 0 Å². The number of hydrogen-bond donors (Lipinski definition) is 9. The highest BCUT2D eigenvalue weighted by Gasteiger charge is 2.59. The van der Waals surface area contributed by atoms with Crippen LogP contribution < -0.4 is 0 Å². The monoisotopic (exact) mass is 364 g/mol. The van der Waals surface area contributed by atoms with E-state index in [-0.39, 0.29) is 0 Å². The molecule has 13 heteroatoms. The fourth-order valence-electron chi connectivity index (χ4n) is 2.33. The quantitative estimate of drug-likeness (QED) is 0.185. The van der Waals surface area contributed by atoms with Crippen molar-refractivity contribution in [2.75, 3.05) is 19.8 Å². The van der Waals surface area contributed by atoms with Gasteiger partial charge in [0.05, 0.1) is 19.8 Å². The highest BCUT2D eigenvalue weighted by Crippen LogP contribution is 2.39. The van der Waals surface area contributed by atoms with Crippen molar-refractivity contribution in [2.24, 2.45) is 0 Å². The Balaban J connectivity index is 3.05. The second-order valence-electron chi connectivity index (χ2n) is 5.15. The van der Waals surface area contributed by atoms with Gasteiger partial charge in [-0.15, -0.1) is 0 Å². The molecule has 1 heterocycles. The number of phosphoric acid groups is 1. The summed E-state index contributed by atoms with van der Waals surface area (Å²) >= 11 is 0. The van der Waals surface area contributed by atoms with E-state index in [4.69, 9.17) is 24.7 Å². The third kappa shape index (κ3) is 4.45. The molecule has 12 nitrogen and oxygen atoms in total. The Morgan fingerprint density at radius 3 is 2.09 bits per heavy atom. The molecule has 1 saturated heterocycles. The van der Waals surface area contributed by atoms with E-state index >= 15 is 0 Å². The van der Waals surface area contributed by atoms with Crippen molar-refractivity contribution in [3.63, 3.8) is 0 Å². The van der Waals surface area contributed by atoms with E-state index in [0.717, 1.165) is 0 Å². The maximum absolute atomic E-state index is 10.7. The molecule has 7 atom stereocenters. The zero-order chi connectivity index (χ0) is 18.0. The van der Waals surface area contributed by atoms with Gasteiger partial charge in [0.1, 0.15) is 42.2 Å². The van der Waals surface area contributed by atoms with Crippen molar-refractivity contribution in [3.8, 4) is 0 Å². The zero-order valence-electron chi connectivity index (χ0n) is 11.8. The van der Waals surface area contributed by atoms with Crippen LogP contribution in [0, 0.1) is 0 Å². The van der Waals surface area contributed by atoms with E-state index in [1.54, 1.807) is 0 Å². The highest BCUT2D eigenvalue weighted by molar-refractivity contribution is 7.46.